The van der Waals surface area contributed by atoms with Crippen LogP contribution in [-0.2, 0) is 9.53 Å². The van der Waals surface area contributed by atoms with Crippen molar-refractivity contribution in [2.24, 2.45) is 0 Å². The molecule has 5 heteroatoms. The molecule has 0 unspecified atom stereocenters. The lowest BCUT2D eigenvalue weighted by Crippen LogP contribution is -2.30. The molecule has 0 saturated heterocycles. The highest BCUT2D eigenvalue weighted by Gasteiger charge is 2.19. The summed E-state index contributed by atoms with van der Waals surface area (Å²) in [5.41, 5.74) is 2.06. The summed E-state index contributed by atoms with van der Waals surface area (Å²) in [5.74, 6) is -0.889. The van der Waals surface area contributed by atoms with Gasteiger partial charge in [0.1, 0.15) is 0 Å². The van der Waals surface area contributed by atoms with E-state index in [-0.39, 0.29) is 5.91 Å². The van der Waals surface area contributed by atoms with Crippen LogP contribution in [0.4, 0.5) is 5.69 Å². The normalized spacial score (nSPS) is 11.6. The van der Waals surface area contributed by atoms with E-state index in [1.807, 2.05) is 25.1 Å². The molecular formula is C17H16BrNO3. The van der Waals surface area contributed by atoms with Gasteiger partial charge < -0.3 is 10.1 Å². The Morgan fingerprint density at radius 1 is 1.09 bits per heavy atom. The average molecular weight is 362 g/mol. The van der Waals surface area contributed by atoms with Crippen molar-refractivity contribution in [3.05, 3.63) is 64.1 Å². The SMILES string of the molecule is Cc1ccccc1NC(=O)[C@H](C)OC(=O)c1ccc(Br)cc1. The van der Waals surface area contributed by atoms with Crippen LogP contribution in [0, 0.1) is 6.92 Å². The molecule has 0 aliphatic carbocycles. The number of carbonyl (C=O) groups excluding carboxylic acids is 2. The second-order valence-electron chi connectivity index (χ2n) is 4.86. The van der Waals surface area contributed by atoms with E-state index >= 15 is 0 Å². The molecule has 0 aliphatic heterocycles. The van der Waals surface area contributed by atoms with E-state index in [2.05, 4.69) is 21.2 Å². The van der Waals surface area contributed by atoms with Crippen molar-refractivity contribution in [2.75, 3.05) is 5.32 Å². The van der Waals surface area contributed by atoms with Crippen LogP contribution in [0.2, 0.25) is 0 Å². The summed E-state index contributed by atoms with van der Waals surface area (Å²) in [5, 5.41) is 2.75. The second kappa shape index (κ2) is 7.22. The summed E-state index contributed by atoms with van der Waals surface area (Å²) >= 11 is 3.30. The lowest BCUT2D eigenvalue weighted by molar-refractivity contribution is -0.123. The number of amides is 1. The van der Waals surface area contributed by atoms with Crippen molar-refractivity contribution in [1.82, 2.24) is 0 Å². The van der Waals surface area contributed by atoms with Crippen LogP contribution in [-0.4, -0.2) is 18.0 Å². The molecule has 2 rings (SSSR count). The van der Waals surface area contributed by atoms with Gasteiger partial charge in [-0.3, -0.25) is 4.79 Å². The third-order valence-corrected chi connectivity index (χ3v) is 3.66. The van der Waals surface area contributed by atoms with Gasteiger partial charge in [0.2, 0.25) is 0 Å². The zero-order valence-electron chi connectivity index (χ0n) is 12.3. The summed E-state index contributed by atoms with van der Waals surface area (Å²) < 4.78 is 6.05. The van der Waals surface area contributed by atoms with Crippen molar-refractivity contribution in [3.8, 4) is 0 Å². The number of esters is 1. The van der Waals surface area contributed by atoms with Gasteiger partial charge in [-0.2, -0.15) is 0 Å². The number of hydrogen-bond acceptors (Lipinski definition) is 3. The summed E-state index contributed by atoms with van der Waals surface area (Å²) in [4.78, 5) is 24.1. The van der Waals surface area contributed by atoms with E-state index in [0.717, 1.165) is 10.0 Å². The molecule has 114 valence electrons. The fourth-order valence-electron chi connectivity index (χ4n) is 1.82. The molecule has 4 nitrogen and oxygen atoms in total. The van der Waals surface area contributed by atoms with Crippen molar-refractivity contribution < 1.29 is 14.3 Å². The number of anilines is 1. The second-order valence-corrected chi connectivity index (χ2v) is 5.77. The first-order valence-corrected chi connectivity index (χ1v) is 7.59. The van der Waals surface area contributed by atoms with E-state index in [9.17, 15) is 9.59 Å². The molecule has 22 heavy (non-hydrogen) atoms. The zero-order valence-corrected chi connectivity index (χ0v) is 13.9. The number of benzene rings is 2. The van der Waals surface area contributed by atoms with Crippen molar-refractivity contribution >= 4 is 33.5 Å². The van der Waals surface area contributed by atoms with Crippen LogP contribution < -0.4 is 5.32 Å². The maximum Gasteiger partial charge on any atom is 0.338 e. The van der Waals surface area contributed by atoms with E-state index < -0.39 is 12.1 Å². The number of nitrogens with one attached hydrogen (secondary N) is 1. The quantitative estimate of drug-likeness (QED) is 0.839. The molecular weight excluding hydrogens is 346 g/mol. The van der Waals surface area contributed by atoms with Crippen LogP contribution in [0.25, 0.3) is 0 Å². The topological polar surface area (TPSA) is 55.4 Å². The number of rotatable bonds is 4. The zero-order chi connectivity index (χ0) is 16.1. The highest BCUT2D eigenvalue weighted by molar-refractivity contribution is 9.10. The Labute approximate surface area is 137 Å². The molecule has 0 bridgehead atoms. The average Bonchev–Trinajstić information content (AvgIpc) is 2.50. The number of para-hydroxylation sites is 1. The van der Waals surface area contributed by atoms with E-state index in [1.54, 1.807) is 37.3 Å². The predicted octanol–water partition coefficient (Wildman–Crippen LogP) is 3.94. The first-order chi connectivity index (χ1) is 10.5. The maximum atomic E-state index is 12.1. The van der Waals surface area contributed by atoms with E-state index in [0.29, 0.717) is 11.3 Å². The Morgan fingerprint density at radius 3 is 2.36 bits per heavy atom. The maximum absolute atomic E-state index is 12.1. The highest BCUT2D eigenvalue weighted by atomic mass is 79.9. The summed E-state index contributed by atoms with van der Waals surface area (Å²) in [6.45, 7) is 3.44. The van der Waals surface area contributed by atoms with Crippen LogP contribution in [0.5, 0.6) is 0 Å². The minimum Gasteiger partial charge on any atom is -0.449 e. The molecule has 0 fully saturated rings. The molecule has 1 N–H and O–H groups in total. The van der Waals surface area contributed by atoms with E-state index in [4.69, 9.17) is 4.74 Å². The standard InChI is InChI=1S/C17H16BrNO3/c1-11-5-3-4-6-15(11)19-16(20)12(2)22-17(21)13-7-9-14(18)10-8-13/h3-10,12H,1-2H3,(H,19,20)/t12-/m0/s1. The molecule has 2 aromatic carbocycles. The van der Waals surface area contributed by atoms with Crippen LogP contribution >= 0.6 is 15.9 Å². The Bertz CT molecular complexity index is 683. The van der Waals surface area contributed by atoms with Crippen LogP contribution in [0.15, 0.2) is 53.0 Å². The van der Waals surface area contributed by atoms with Gasteiger partial charge in [0.15, 0.2) is 6.10 Å². The van der Waals surface area contributed by atoms with E-state index in [1.165, 1.54) is 0 Å². The predicted molar refractivity (Wildman–Crippen MR) is 88.8 cm³/mol. The largest absolute Gasteiger partial charge is 0.449 e. The molecule has 0 aromatic heterocycles. The monoisotopic (exact) mass is 361 g/mol. The summed E-state index contributed by atoms with van der Waals surface area (Å²) in [7, 11) is 0. The van der Waals surface area contributed by atoms with Gasteiger partial charge in [-0.25, -0.2) is 4.79 Å². The van der Waals surface area contributed by atoms with Crippen molar-refractivity contribution in [3.63, 3.8) is 0 Å². The number of hydrogen-bond donors (Lipinski definition) is 1. The Morgan fingerprint density at radius 2 is 1.73 bits per heavy atom. The number of aryl methyl sites for hydroxylation is 1. The first-order valence-electron chi connectivity index (χ1n) is 6.80. The van der Waals surface area contributed by atoms with Gasteiger partial charge in [-0.1, -0.05) is 34.1 Å². The first kappa shape index (κ1) is 16.2. The van der Waals surface area contributed by atoms with Gasteiger partial charge in [0.25, 0.3) is 5.91 Å². The smallest absolute Gasteiger partial charge is 0.338 e. The Kier molecular flexibility index (Phi) is 5.33. The van der Waals surface area contributed by atoms with Crippen molar-refractivity contribution in [2.45, 2.75) is 20.0 Å². The van der Waals surface area contributed by atoms with Gasteiger partial charge >= 0.3 is 5.97 Å². The lowest BCUT2D eigenvalue weighted by Gasteiger charge is -2.14. The van der Waals surface area contributed by atoms with Crippen molar-refractivity contribution in [1.29, 1.82) is 0 Å². The molecule has 1 amide bonds. The highest BCUT2D eigenvalue weighted by Crippen LogP contribution is 2.15. The minimum atomic E-state index is -0.879. The molecule has 0 aliphatic rings. The molecule has 2 aromatic rings. The molecule has 0 saturated carbocycles. The van der Waals surface area contributed by atoms with Crippen LogP contribution in [0.3, 0.4) is 0 Å². The minimum absolute atomic E-state index is 0.361. The van der Waals surface area contributed by atoms with Crippen LogP contribution in [0.1, 0.15) is 22.8 Å². The molecule has 0 spiro atoms. The molecule has 1 atom stereocenters. The molecule has 0 heterocycles. The number of ether oxygens (including phenoxy) is 1. The molecule has 0 radical (unpaired) electrons. The van der Waals surface area contributed by atoms with Gasteiger partial charge in [-0.05, 0) is 49.7 Å². The summed E-state index contributed by atoms with van der Waals surface area (Å²) in [6.07, 6.45) is -0.879. The third-order valence-electron chi connectivity index (χ3n) is 3.14. The fourth-order valence-corrected chi connectivity index (χ4v) is 2.08. The number of halogens is 1. The number of carbonyl (C=O) groups is 2. The van der Waals surface area contributed by atoms with Gasteiger partial charge in [0.05, 0.1) is 5.56 Å². The fraction of sp³-hybridized carbons (Fsp3) is 0.176. The summed E-state index contributed by atoms with van der Waals surface area (Å²) in [6, 6.07) is 14.2. The third kappa shape index (κ3) is 4.18. The lowest BCUT2D eigenvalue weighted by atomic mass is 10.2. The van der Waals surface area contributed by atoms with Gasteiger partial charge in [-0.15, -0.1) is 0 Å². The Hall–Kier alpha value is -2.14. The Balaban J connectivity index is 1.98. The van der Waals surface area contributed by atoms with Gasteiger partial charge in [0, 0.05) is 10.2 Å².